The highest BCUT2D eigenvalue weighted by molar-refractivity contribution is 7.09. The van der Waals surface area contributed by atoms with Gasteiger partial charge in [0.2, 0.25) is 0 Å². The topological polar surface area (TPSA) is 61.0 Å². The summed E-state index contributed by atoms with van der Waals surface area (Å²) in [5, 5.41) is 3.19. The summed E-state index contributed by atoms with van der Waals surface area (Å²) in [7, 11) is 0. The summed E-state index contributed by atoms with van der Waals surface area (Å²) in [6.45, 7) is 5.13. The summed E-state index contributed by atoms with van der Waals surface area (Å²) in [6, 6.07) is 3.91. The van der Waals surface area contributed by atoms with Crippen molar-refractivity contribution in [2.75, 3.05) is 6.54 Å². The Morgan fingerprint density at radius 3 is 2.84 bits per heavy atom. The van der Waals surface area contributed by atoms with E-state index in [-0.39, 0.29) is 0 Å². The van der Waals surface area contributed by atoms with Crippen molar-refractivity contribution in [3.05, 3.63) is 39.6 Å². The minimum absolute atomic E-state index is 0.485. The van der Waals surface area contributed by atoms with Gasteiger partial charge < -0.3 is 10.5 Å². The van der Waals surface area contributed by atoms with Gasteiger partial charge in [0, 0.05) is 17.5 Å². The lowest BCUT2D eigenvalue weighted by Gasteiger charge is -2.10. The molecule has 0 aliphatic carbocycles. The van der Waals surface area contributed by atoms with E-state index < -0.39 is 0 Å². The summed E-state index contributed by atoms with van der Waals surface area (Å²) in [5.74, 6) is 0.807. The third-order valence-electron chi connectivity index (χ3n) is 2.73. The second-order valence-electron chi connectivity index (χ2n) is 4.31. The Morgan fingerprint density at radius 2 is 2.16 bits per heavy atom. The molecule has 0 spiro atoms. The van der Waals surface area contributed by atoms with Crippen LogP contribution >= 0.6 is 11.3 Å². The monoisotopic (exact) mass is 277 g/mol. The van der Waals surface area contributed by atoms with E-state index in [1.54, 1.807) is 11.3 Å². The molecule has 2 rings (SSSR count). The molecule has 2 aromatic heterocycles. The number of thiazole rings is 1. The predicted molar refractivity (Wildman–Crippen MR) is 77.6 cm³/mol. The Bertz CT molecular complexity index is 539. The third-order valence-corrected chi connectivity index (χ3v) is 3.77. The molecule has 2 heterocycles. The summed E-state index contributed by atoms with van der Waals surface area (Å²) in [5.41, 5.74) is 8.48. The number of pyridine rings is 1. The normalized spacial score (nSPS) is 10.7. The van der Waals surface area contributed by atoms with Crippen LogP contribution in [0.4, 0.5) is 0 Å². The Labute approximate surface area is 117 Å². The number of hydrogen-bond donors (Lipinski definition) is 1. The van der Waals surface area contributed by atoms with Crippen molar-refractivity contribution >= 4 is 11.3 Å². The van der Waals surface area contributed by atoms with Crippen molar-refractivity contribution in [2.24, 2.45) is 5.73 Å². The molecule has 5 heteroatoms. The Kier molecular flexibility index (Phi) is 4.87. The number of rotatable bonds is 6. The molecule has 0 aliphatic rings. The van der Waals surface area contributed by atoms with Crippen molar-refractivity contribution in [1.82, 2.24) is 9.97 Å². The number of hydrogen-bond acceptors (Lipinski definition) is 5. The fraction of sp³-hybridized carbons (Fsp3) is 0.429. The number of aryl methyl sites for hydroxylation is 2. The molecule has 0 saturated carbocycles. The van der Waals surface area contributed by atoms with Crippen LogP contribution in [0.25, 0.3) is 0 Å². The summed E-state index contributed by atoms with van der Waals surface area (Å²) >= 11 is 1.67. The molecule has 102 valence electrons. The van der Waals surface area contributed by atoms with Gasteiger partial charge >= 0.3 is 0 Å². The second-order valence-corrected chi connectivity index (χ2v) is 5.25. The van der Waals surface area contributed by atoms with Gasteiger partial charge in [-0.05, 0) is 32.0 Å². The van der Waals surface area contributed by atoms with E-state index in [0.717, 1.165) is 40.7 Å². The van der Waals surface area contributed by atoms with Crippen molar-refractivity contribution in [3.8, 4) is 5.75 Å². The summed E-state index contributed by atoms with van der Waals surface area (Å²) in [4.78, 5) is 8.96. The quantitative estimate of drug-likeness (QED) is 0.881. The Morgan fingerprint density at radius 1 is 1.32 bits per heavy atom. The van der Waals surface area contributed by atoms with Crippen molar-refractivity contribution in [1.29, 1.82) is 0 Å². The minimum Gasteiger partial charge on any atom is -0.485 e. The molecule has 0 radical (unpaired) electrons. The maximum Gasteiger partial charge on any atom is 0.141 e. The lowest BCUT2D eigenvalue weighted by molar-refractivity contribution is 0.297. The number of nitrogens with zero attached hydrogens (tertiary/aromatic N) is 2. The average molecular weight is 277 g/mol. The van der Waals surface area contributed by atoms with E-state index in [2.05, 4.69) is 16.9 Å². The molecule has 2 N–H and O–H groups in total. The molecule has 0 saturated heterocycles. The van der Waals surface area contributed by atoms with E-state index in [9.17, 15) is 0 Å². The highest BCUT2D eigenvalue weighted by atomic mass is 32.1. The molecular formula is C14H19N3OS. The molecule has 2 aromatic rings. The zero-order chi connectivity index (χ0) is 13.7. The van der Waals surface area contributed by atoms with Gasteiger partial charge in [-0.2, -0.15) is 0 Å². The number of aromatic nitrogens is 2. The van der Waals surface area contributed by atoms with Gasteiger partial charge in [-0.25, -0.2) is 4.98 Å². The lowest BCUT2D eigenvalue weighted by atomic mass is 10.2. The van der Waals surface area contributed by atoms with Gasteiger partial charge in [0.15, 0.2) is 0 Å². The molecular weight excluding hydrogens is 258 g/mol. The number of ether oxygens (including phenoxy) is 1. The minimum atomic E-state index is 0.485. The first-order valence-electron chi connectivity index (χ1n) is 6.45. The number of nitrogens with two attached hydrogens (primary N) is 1. The van der Waals surface area contributed by atoms with Crippen LogP contribution in [0.2, 0.25) is 0 Å². The third kappa shape index (κ3) is 3.75. The van der Waals surface area contributed by atoms with Gasteiger partial charge in [0.25, 0.3) is 0 Å². The lowest BCUT2D eigenvalue weighted by Crippen LogP contribution is -2.08. The highest BCUT2D eigenvalue weighted by Crippen LogP contribution is 2.19. The van der Waals surface area contributed by atoms with E-state index >= 15 is 0 Å². The molecule has 0 bridgehead atoms. The van der Waals surface area contributed by atoms with Crippen molar-refractivity contribution in [3.63, 3.8) is 0 Å². The largest absolute Gasteiger partial charge is 0.485 e. The maximum absolute atomic E-state index is 5.81. The van der Waals surface area contributed by atoms with E-state index in [4.69, 9.17) is 10.5 Å². The fourth-order valence-electron chi connectivity index (χ4n) is 1.77. The van der Waals surface area contributed by atoms with Crippen LogP contribution in [0.5, 0.6) is 5.75 Å². The Hall–Kier alpha value is -1.46. The standard InChI is InChI=1S/C14H19N3OS/c1-3-14-17-11(9-19-14)8-18-13-5-4-10(2)16-12(13)6-7-15/h4-5,9H,3,6-8,15H2,1-2H3. The van der Waals surface area contributed by atoms with Crippen LogP contribution < -0.4 is 10.5 Å². The fourth-order valence-corrected chi connectivity index (χ4v) is 2.50. The van der Waals surface area contributed by atoms with Crippen molar-refractivity contribution in [2.45, 2.75) is 33.3 Å². The van der Waals surface area contributed by atoms with Crippen LogP contribution in [-0.4, -0.2) is 16.5 Å². The van der Waals surface area contributed by atoms with Crippen LogP contribution in [0.3, 0.4) is 0 Å². The molecule has 19 heavy (non-hydrogen) atoms. The predicted octanol–water partition coefficient (Wildman–Crippen LogP) is 2.49. The van der Waals surface area contributed by atoms with E-state index in [0.29, 0.717) is 13.2 Å². The first-order valence-corrected chi connectivity index (χ1v) is 7.33. The zero-order valence-corrected chi connectivity index (χ0v) is 12.2. The van der Waals surface area contributed by atoms with Gasteiger partial charge in [0.05, 0.1) is 16.4 Å². The van der Waals surface area contributed by atoms with Crippen LogP contribution in [0, 0.1) is 6.92 Å². The van der Waals surface area contributed by atoms with Gasteiger partial charge in [-0.1, -0.05) is 6.92 Å². The zero-order valence-electron chi connectivity index (χ0n) is 11.3. The van der Waals surface area contributed by atoms with Crippen molar-refractivity contribution < 1.29 is 4.74 Å². The van der Waals surface area contributed by atoms with E-state index in [1.807, 2.05) is 24.4 Å². The average Bonchev–Trinajstić information content (AvgIpc) is 2.86. The second kappa shape index (κ2) is 6.63. The molecule has 4 nitrogen and oxygen atoms in total. The molecule has 0 atom stereocenters. The molecule has 0 fully saturated rings. The Balaban J connectivity index is 2.05. The first kappa shape index (κ1) is 14.0. The van der Waals surface area contributed by atoms with Crippen LogP contribution in [0.1, 0.15) is 29.0 Å². The maximum atomic E-state index is 5.81. The molecule has 0 aliphatic heterocycles. The molecule has 0 aromatic carbocycles. The van der Waals surface area contributed by atoms with Gasteiger partial charge in [0.1, 0.15) is 12.4 Å². The first-order chi connectivity index (χ1) is 9.22. The van der Waals surface area contributed by atoms with Gasteiger partial charge in [-0.3, -0.25) is 4.98 Å². The van der Waals surface area contributed by atoms with E-state index in [1.165, 1.54) is 0 Å². The highest BCUT2D eigenvalue weighted by Gasteiger charge is 2.07. The SMILES string of the molecule is CCc1nc(COc2ccc(C)nc2CCN)cs1. The van der Waals surface area contributed by atoms with Crippen LogP contribution in [0.15, 0.2) is 17.5 Å². The molecule has 0 amide bonds. The van der Waals surface area contributed by atoms with Crippen LogP contribution in [-0.2, 0) is 19.4 Å². The summed E-state index contributed by atoms with van der Waals surface area (Å²) in [6.07, 6.45) is 1.70. The smallest absolute Gasteiger partial charge is 0.141 e. The molecule has 0 unspecified atom stereocenters. The van der Waals surface area contributed by atoms with Gasteiger partial charge in [-0.15, -0.1) is 11.3 Å². The summed E-state index contributed by atoms with van der Waals surface area (Å²) < 4.78 is 5.81.